The fraction of sp³-hybridized carbons (Fsp3) is 0. The largest absolute Gasteiger partial charge is 0.403 e. The lowest BCUT2D eigenvalue weighted by Crippen LogP contribution is -2.24. The van der Waals surface area contributed by atoms with Crippen LogP contribution in [0.1, 0.15) is 5.56 Å². The van der Waals surface area contributed by atoms with Gasteiger partial charge in [0, 0.05) is 51.6 Å². The van der Waals surface area contributed by atoms with Gasteiger partial charge in [-0.3, -0.25) is 15.0 Å². The fourth-order valence-electron chi connectivity index (χ4n) is 6.92. The van der Waals surface area contributed by atoms with Crippen LogP contribution in [0.15, 0.2) is 134 Å². The van der Waals surface area contributed by atoms with Crippen molar-refractivity contribution in [1.29, 1.82) is 0 Å². The summed E-state index contributed by atoms with van der Waals surface area (Å²) in [5.41, 5.74) is 15.3. The van der Waals surface area contributed by atoms with E-state index in [-0.39, 0.29) is 0 Å². The number of hydrogen-bond donors (Lipinski definition) is 1. The van der Waals surface area contributed by atoms with E-state index in [1.54, 1.807) is 18.6 Å². The molecule has 0 bridgehead atoms. The van der Waals surface area contributed by atoms with Crippen LogP contribution in [-0.4, -0.2) is 19.5 Å². The molecule has 1 aliphatic rings. The van der Waals surface area contributed by atoms with Crippen molar-refractivity contribution in [2.24, 2.45) is 5.73 Å². The van der Waals surface area contributed by atoms with Gasteiger partial charge in [0.15, 0.2) is 0 Å². The molecule has 6 nitrogen and oxygen atoms in total. The third-order valence-corrected chi connectivity index (χ3v) is 9.07. The van der Waals surface area contributed by atoms with Crippen LogP contribution < -0.4 is 21.1 Å². The number of fused-ring (bicyclic) bond motifs is 5. The first kappa shape index (κ1) is 26.8. The predicted octanol–water partition coefficient (Wildman–Crippen LogP) is 7.72. The highest BCUT2D eigenvalue weighted by Crippen LogP contribution is 2.45. The zero-order chi connectivity index (χ0) is 31.5. The van der Waals surface area contributed by atoms with Crippen molar-refractivity contribution >= 4 is 79.3 Å². The SMILES string of the molecule is C=c1/c(=C\C(=C/N)n2c3ccccc3c3c4c5c(cccc5cc32)N(c2ccc(-c3ccccn3)nc2)C=C4)ccc2cccnc12. The van der Waals surface area contributed by atoms with E-state index in [1.165, 1.54) is 16.3 Å². The third kappa shape index (κ3) is 4.16. The normalized spacial score (nSPS) is 13.4. The van der Waals surface area contributed by atoms with Crippen LogP contribution in [0, 0.1) is 0 Å². The number of pyridine rings is 3. The molecule has 9 rings (SSSR count). The Bertz CT molecular complexity index is 2710. The molecule has 6 heteroatoms. The van der Waals surface area contributed by atoms with E-state index in [0.717, 1.165) is 71.6 Å². The Hall–Kier alpha value is -6.53. The Morgan fingerprint density at radius 3 is 2.43 bits per heavy atom. The van der Waals surface area contributed by atoms with Crippen LogP contribution >= 0.6 is 0 Å². The standard InChI is InChI=1S/C41H28N6/c1-26-28(15-14-27-9-7-20-44-41(26)27)22-31(24-42)47-36-12-3-2-10-32(36)40-33-18-21-46(37-13-6-8-29(39(33)37)23-38(40)47)30-16-17-35(45-25-30)34-11-4-5-19-43-34/h2-25H,1,42H2/b28-22-,31-24+. The van der Waals surface area contributed by atoms with Crippen LogP contribution in [0.25, 0.3) is 79.3 Å². The van der Waals surface area contributed by atoms with Gasteiger partial charge in [0.25, 0.3) is 0 Å². The lowest BCUT2D eigenvalue weighted by atomic mass is 9.94. The second-order valence-electron chi connectivity index (χ2n) is 11.7. The van der Waals surface area contributed by atoms with Gasteiger partial charge < -0.3 is 15.2 Å². The molecule has 0 saturated heterocycles. The summed E-state index contributed by atoms with van der Waals surface area (Å²) in [5, 5.41) is 7.60. The van der Waals surface area contributed by atoms with Gasteiger partial charge in [-0.1, -0.05) is 61.2 Å². The van der Waals surface area contributed by atoms with Crippen molar-refractivity contribution in [2.45, 2.75) is 0 Å². The van der Waals surface area contributed by atoms with Crippen LogP contribution in [-0.2, 0) is 0 Å². The lowest BCUT2D eigenvalue weighted by molar-refractivity contribution is 1.21. The number of nitrogens with two attached hydrogens (primary N) is 1. The Kier molecular flexibility index (Phi) is 6.01. The smallest absolute Gasteiger partial charge is 0.0887 e. The molecule has 0 aliphatic carbocycles. The summed E-state index contributed by atoms with van der Waals surface area (Å²) in [4.78, 5) is 16.0. The number of para-hydroxylation sites is 1. The first-order valence-corrected chi connectivity index (χ1v) is 15.5. The summed E-state index contributed by atoms with van der Waals surface area (Å²) in [5.74, 6) is 0. The maximum Gasteiger partial charge on any atom is 0.0887 e. The number of rotatable bonds is 4. The number of allylic oxidation sites excluding steroid dienone is 1. The summed E-state index contributed by atoms with van der Waals surface area (Å²) in [6.07, 6.45) is 13.7. The van der Waals surface area contributed by atoms with Crippen molar-refractivity contribution in [1.82, 2.24) is 19.5 Å². The Labute approximate surface area is 270 Å². The molecule has 0 spiro atoms. The summed E-state index contributed by atoms with van der Waals surface area (Å²) >= 11 is 0. The van der Waals surface area contributed by atoms with Gasteiger partial charge in [-0.2, -0.15) is 0 Å². The van der Waals surface area contributed by atoms with E-state index in [2.05, 4.69) is 117 Å². The summed E-state index contributed by atoms with van der Waals surface area (Å²) < 4.78 is 2.26. The minimum absolute atomic E-state index is 0.843. The van der Waals surface area contributed by atoms with Crippen LogP contribution in [0.3, 0.4) is 0 Å². The van der Waals surface area contributed by atoms with E-state index in [4.69, 9.17) is 10.7 Å². The van der Waals surface area contributed by atoms with Gasteiger partial charge in [-0.05, 0) is 76.9 Å². The molecule has 4 aromatic heterocycles. The number of anilines is 2. The van der Waals surface area contributed by atoms with Crippen LogP contribution in [0.4, 0.5) is 11.4 Å². The molecule has 0 radical (unpaired) electrons. The van der Waals surface area contributed by atoms with Crippen molar-refractivity contribution in [3.8, 4) is 11.4 Å². The molecular formula is C41H28N6. The molecule has 8 aromatic rings. The highest BCUT2D eigenvalue weighted by atomic mass is 15.1. The molecule has 222 valence electrons. The molecule has 0 amide bonds. The van der Waals surface area contributed by atoms with E-state index < -0.39 is 0 Å². The zero-order valence-corrected chi connectivity index (χ0v) is 25.4. The molecule has 0 fully saturated rings. The molecule has 1 aliphatic heterocycles. The van der Waals surface area contributed by atoms with Crippen LogP contribution in [0.2, 0.25) is 0 Å². The van der Waals surface area contributed by atoms with E-state index in [9.17, 15) is 0 Å². The first-order chi connectivity index (χ1) is 23.2. The molecule has 2 N–H and O–H groups in total. The molecule has 0 atom stereocenters. The maximum atomic E-state index is 6.42. The average Bonchev–Trinajstić information content (AvgIpc) is 3.46. The fourth-order valence-corrected chi connectivity index (χ4v) is 6.92. The summed E-state index contributed by atoms with van der Waals surface area (Å²) in [7, 11) is 0. The third-order valence-electron chi connectivity index (χ3n) is 9.07. The van der Waals surface area contributed by atoms with Crippen molar-refractivity contribution in [3.05, 3.63) is 150 Å². The van der Waals surface area contributed by atoms with Crippen LogP contribution in [0.5, 0.6) is 0 Å². The molecule has 5 heterocycles. The average molecular weight is 605 g/mol. The number of hydrogen-bond acceptors (Lipinski definition) is 5. The Morgan fingerprint density at radius 2 is 1.57 bits per heavy atom. The second-order valence-corrected chi connectivity index (χ2v) is 11.7. The van der Waals surface area contributed by atoms with Gasteiger partial charge in [0.05, 0.1) is 51.2 Å². The van der Waals surface area contributed by atoms with Gasteiger partial charge in [0.2, 0.25) is 0 Å². The van der Waals surface area contributed by atoms with Gasteiger partial charge in [-0.15, -0.1) is 0 Å². The molecule has 47 heavy (non-hydrogen) atoms. The number of benzene rings is 4. The maximum absolute atomic E-state index is 6.42. The minimum atomic E-state index is 0.843. The summed E-state index contributed by atoms with van der Waals surface area (Å²) in [6, 6.07) is 35.4. The first-order valence-electron chi connectivity index (χ1n) is 15.5. The summed E-state index contributed by atoms with van der Waals surface area (Å²) in [6.45, 7) is 4.39. The second kappa shape index (κ2) is 10.5. The van der Waals surface area contributed by atoms with E-state index in [1.807, 2.05) is 36.5 Å². The zero-order valence-electron chi connectivity index (χ0n) is 25.4. The molecule has 4 aromatic carbocycles. The highest BCUT2D eigenvalue weighted by Gasteiger charge is 2.23. The van der Waals surface area contributed by atoms with Gasteiger partial charge >= 0.3 is 0 Å². The molecule has 0 unspecified atom stereocenters. The van der Waals surface area contributed by atoms with E-state index >= 15 is 0 Å². The number of nitrogens with zero attached hydrogens (tertiary/aromatic N) is 5. The molecular weight excluding hydrogens is 576 g/mol. The van der Waals surface area contributed by atoms with E-state index in [0.29, 0.717) is 0 Å². The van der Waals surface area contributed by atoms with Gasteiger partial charge in [-0.25, -0.2) is 0 Å². The monoisotopic (exact) mass is 604 g/mol. The predicted molar refractivity (Wildman–Crippen MR) is 195 cm³/mol. The number of aromatic nitrogens is 4. The van der Waals surface area contributed by atoms with Crippen molar-refractivity contribution in [2.75, 3.05) is 4.90 Å². The lowest BCUT2D eigenvalue weighted by Gasteiger charge is -2.27. The quantitative estimate of drug-likeness (QED) is 0.223. The topological polar surface area (TPSA) is 72.9 Å². The van der Waals surface area contributed by atoms with Crippen molar-refractivity contribution < 1.29 is 0 Å². The minimum Gasteiger partial charge on any atom is -0.403 e. The van der Waals surface area contributed by atoms with Crippen molar-refractivity contribution in [3.63, 3.8) is 0 Å². The molecule has 0 saturated carbocycles. The Balaban J connectivity index is 1.24. The highest BCUT2D eigenvalue weighted by molar-refractivity contribution is 6.22. The Morgan fingerprint density at radius 1 is 0.723 bits per heavy atom. The van der Waals surface area contributed by atoms with Gasteiger partial charge in [0.1, 0.15) is 0 Å².